The van der Waals surface area contributed by atoms with Gasteiger partial charge in [-0.2, -0.15) is 5.26 Å². The van der Waals surface area contributed by atoms with Crippen LogP contribution in [0.15, 0.2) is 91.0 Å². The number of anilines is 1. The Kier molecular flexibility index (Phi) is 7.41. The van der Waals surface area contributed by atoms with Crippen molar-refractivity contribution in [1.29, 1.82) is 5.26 Å². The Labute approximate surface area is 195 Å². The summed E-state index contributed by atoms with van der Waals surface area (Å²) in [6.07, 6.45) is 0.513. The van der Waals surface area contributed by atoms with Gasteiger partial charge in [-0.25, -0.2) is 0 Å². The minimum atomic E-state index is -0.633. The molecule has 168 valence electrons. The number of allylic oxidation sites excluding steroid dienone is 1. The Morgan fingerprint density at radius 2 is 1.45 bits per heavy atom. The second-order valence-corrected chi connectivity index (χ2v) is 8.19. The fourth-order valence-electron chi connectivity index (χ4n) is 4.22. The predicted molar refractivity (Wildman–Crippen MR) is 132 cm³/mol. The van der Waals surface area contributed by atoms with Crippen molar-refractivity contribution in [2.24, 2.45) is 0 Å². The van der Waals surface area contributed by atoms with Gasteiger partial charge in [0.05, 0.1) is 6.07 Å². The lowest BCUT2D eigenvalue weighted by molar-refractivity contribution is -0.0601. The summed E-state index contributed by atoms with van der Waals surface area (Å²) in [4.78, 5) is 4.56. The van der Waals surface area contributed by atoms with Crippen molar-refractivity contribution < 1.29 is 9.84 Å². The predicted octanol–water partition coefficient (Wildman–Crippen LogP) is 4.55. The Bertz CT molecular complexity index is 1080. The molecule has 1 fully saturated rings. The maximum atomic E-state index is 10.4. The van der Waals surface area contributed by atoms with E-state index in [1.54, 1.807) is 13.0 Å². The molecule has 5 heteroatoms. The number of aliphatic hydroxyl groups is 1. The highest BCUT2D eigenvalue weighted by atomic mass is 16.5. The third-order valence-corrected chi connectivity index (χ3v) is 5.92. The molecule has 0 amide bonds. The molecule has 4 rings (SSSR count). The van der Waals surface area contributed by atoms with Gasteiger partial charge in [-0.05, 0) is 47.9 Å². The topological polar surface area (TPSA) is 59.7 Å². The van der Waals surface area contributed by atoms with Crippen LogP contribution in [0, 0.1) is 11.3 Å². The van der Waals surface area contributed by atoms with E-state index in [1.165, 1.54) is 5.69 Å². The van der Waals surface area contributed by atoms with E-state index in [0.717, 1.165) is 42.9 Å². The molecule has 2 unspecified atom stereocenters. The van der Waals surface area contributed by atoms with Crippen molar-refractivity contribution in [3.05, 3.63) is 102 Å². The monoisotopic (exact) mass is 439 g/mol. The summed E-state index contributed by atoms with van der Waals surface area (Å²) in [7, 11) is 0. The standard InChI is InChI=1S/C28H29N3O2/c1-22(32)28(31-20-18-30(19-21-31)25-10-6-3-7-11-25)33-26-14-12-24(13-15-26)27(16-17-29)23-8-4-2-5-9-23/h2-16,22,28,32H,18-21H2,1H3. The van der Waals surface area contributed by atoms with E-state index in [0.29, 0.717) is 5.75 Å². The third-order valence-electron chi connectivity index (χ3n) is 5.92. The number of hydrogen-bond acceptors (Lipinski definition) is 5. The van der Waals surface area contributed by atoms with Crippen LogP contribution in [0.5, 0.6) is 5.75 Å². The number of nitrogens with zero attached hydrogens (tertiary/aromatic N) is 3. The number of piperazine rings is 1. The number of ether oxygens (including phenoxy) is 1. The summed E-state index contributed by atoms with van der Waals surface area (Å²) < 4.78 is 6.23. The van der Waals surface area contributed by atoms with Gasteiger partial charge in [0, 0.05) is 37.9 Å². The van der Waals surface area contributed by atoms with Crippen LogP contribution in [0.4, 0.5) is 5.69 Å². The second-order valence-electron chi connectivity index (χ2n) is 8.19. The molecule has 1 saturated heterocycles. The largest absolute Gasteiger partial charge is 0.472 e. The van der Waals surface area contributed by atoms with Crippen LogP contribution in [0.25, 0.3) is 5.57 Å². The molecule has 1 aliphatic rings. The molecule has 33 heavy (non-hydrogen) atoms. The highest BCUT2D eigenvalue weighted by molar-refractivity contribution is 5.81. The van der Waals surface area contributed by atoms with Crippen LogP contribution < -0.4 is 9.64 Å². The summed E-state index contributed by atoms with van der Waals surface area (Å²) in [5, 5.41) is 19.7. The molecule has 1 N–H and O–H groups in total. The van der Waals surface area contributed by atoms with Gasteiger partial charge < -0.3 is 14.7 Å². The van der Waals surface area contributed by atoms with Crippen molar-refractivity contribution >= 4 is 11.3 Å². The third kappa shape index (κ3) is 5.61. The molecule has 2 atom stereocenters. The average Bonchev–Trinajstić information content (AvgIpc) is 2.87. The molecule has 0 aromatic heterocycles. The van der Waals surface area contributed by atoms with E-state index in [2.05, 4.69) is 40.1 Å². The summed E-state index contributed by atoms with van der Waals surface area (Å²) in [6.45, 7) is 5.16. The minimum absolute atomic E-state index is 0.419. The summed E-state index contributed by atoms with van der Waals surface area (Å²) in [6, 6.07) is 30.1. The molecule has 1 heterocycles. The molecular weight excluding hydrogens is 410 g/mol. The van der Waals surface area contributed by atoms with Crippen molar-refractivity contribution in [3.8, 4) is 11.8 Å². The Morgan fingerprint density at radius 1 is 0.879 bits per heavy atom. The van der Waals surface area contributed by atoms with E-state index < -0.39 is 12.3 Å². The van der Waals surface area contributed by atoms with Gasteiger partial charge in [-0.15, -0.1) is 0 Å². The zero-order valence-corrected chi connectivity index (χ0v) is 18.8. The Balaban J connectivity index is 1.43. The van der Waals surface area contributed by atoms with Crippen molar-refractivity contribution in [3.63, 3.8) is 0 Å². The van der Waals surface area contributed by atoms with Crippen LogP contribution in [-0.2, 0) is 0 Å². The molecular formula is C28H29N3O2. The minimum Gasteiger partial charge on any atom is -0.472 e. The molecule has 1 aliphatic heterocycles. The lowest BCUT2D eigenvalue weighted by Gasteiger charge is -2.40. The van der Waals surface area contributed by atoms with E-state index in [4.69, 9.17) is 4.74 Å². The molecule has 0 spiro atoms. The van der Waals surface area contributed by atoms with Gasteiger partial charge in [0.15, 0.2) is 6.23 Å². The normalized spacial score (nSPS) is 16.6. The van der Waals surface area contributed by atoms with Gasteiger partial charge in [-0.1, -0.05) is 60.7 Å². The maximum absolute atomic E-state index is 10.4. The van der Waals surface area contributed by atoms with Crippen LogP contribution in [0.3, 0.4) is 0 Å². The van der Waals surface area contributed by atoms with Gasteiger partial charge in [0.2, 0.25) is 0 Å². The van der Waals surface area contributed by atoms with E-state index in [-0.39, 0.29) is 0 Å². The first-order valence-corrected chi connectivity index (χ1v) is 11.3. The van der Waals surface area contributed by atoms with Crippen LogP contribution in [0.2, 0.25) is 0 Å². The van der Waals surface area contributed by atoms with Crippen LogP contribution >= 0.6 is 0 Å². The Hall–Kier alpha value is -3.59. The SMILES string of the molecule is CC(O)C(Oc1ccc(C(=CC#N)c2ccccc2)cc1)N1CCN(c2ccccc2)CC1. The molecule has 0 aliphatic carbocycles. The summed E-state index contributed by atoms with van der Waals surface area (Å²) in [5.74, 6) is 0.694. The average molecular weight is 440 g/mol. The smallest absolute Gasteiger partial charge is 0.178 e. The van der Waals surface area contributed by atoms with Gasteiger partial charge in [0.1, 0.15) is 11.9 Å². The lowest BCUT2D eigenvalue weighted by Crippen LogP contribution is -2.55. The van der Waals surface area contributed by atoms with Gasteiger partial charge >= 0.3 is 0 Å². The van der Waals surface area contributed by atoms with E-state index in [9.17, 15) is 10.4 Å². The van der Waals surface area contributed by atoms with Gasteiger partial charge in [-0.3, -0.25) is 4.90 Å². The highest BCUT2D eigenvalue weighted by Crippen LogP contribution is 2.26. The number of aliphatic hydroxyl groups excluding tert-OH is 1. The molecule has 0 bridgehead atoms. The Morgan fingerprint density at radius 3 is 2.03 bits per heavy atom. The first-order chi connectivity index (χ1) is 16.2. The first-order valence-electron chi connectivity index (χ1n) is 11.3. The lowest BCUT2D eigenvalue weighted by atomic mass is 9.98. The molecule has 3 aromatic carbocycles. The number of para-hydroxylation sites is 1. The van der Waals surface area contributed by atoms with E-state index in [1.807, 2.05) is 60.7 Å². The van der Waals surface area contributed by atoms with Crippen LogP contribution in [0.1, 0.15) is 18.1 Å². The number of hydrogen-bond donors (Lipinski definition) is 1. The zero-order chi connectivity index (χ0) is 23.0. The highest BCUT2D eigenvalue weighted by Gasteiger charge is 2.28. The second kappa shape index (κ2) is 10.8. The summed E-state index contributed by atoms with van der Waals surface area (Å²) >= 11 is 0. The maximum Gasteiger partial charge on any atom is 0.178 e. The first kappa shape index (κ1) is 22.6. The summed E-state index contributed by atoms with van der Waals surface area (Å²) in [5.41, 5.74) is 4.03. The number of rotatable bonds is 7. The van der Waals surface area contributed by atoms with Crippen LogP contribution in [-0.4, -0.2) is 48.5 Å². The van der Waals surface area contributed by atoms with Gasteiger partial charge in [0.25, 0.3) is 0 Å². The number of nitriles is 1. The molecule has 3 aromatic rings. The van der Waals surface area contributed by atoms with E-state index >= 15 is 0 Å². The molecule has 0 saturated carbocycles. The fourth-order valence-corrected chi connectivity index (χ4v) is 4.22. The van der Waals surface area contributed by atoms with Crippen molar-refractivity contribution in [2.75, 3.05) is 31.1 Å². The van der Waals surface area contributed by atoms with Crippen molar-refractivity contribution in [2.45, 2.75) is 19.3 Å². The molecule has 5 nitrogen and oxygen atoms in total. The number of benzene rings is 3. The fraction of sp³-hybridized carbons (Fsp3) is 0.250. The molecule has 0 radical (unpaired) electrons. The van der Waals surface area contributed by atoms with Crippen molar-refractivity contribution in [1.82, 2.24) is 4.90 Å². The zero-order valence-electron chi connectivity index (χ0n) is 18.8. The quantitative estimate of drug-likeness (QED) is 0.548.